The van der Waals surface area contributed by atoms with Crippen molar-refractivity contribution >= 4 is 21.7 Å². The van der Waals surface area contributed by atoms with Crippen LogP contribution >= 0.6 is 15.9 Å². The Morgan fingerprint density at radius 3 is 2.47 bits per heavy atom. The molecule has 0 amide bonds. The van der Waals surface area contributed by atoms with Gasteiger partial charge in [-0.05, 0) is 34.5 Å². The number of Topliss-reactive ketones (excluding diaryl/α,β-unsaturated/α-hetero) is 1. The number of carbonyl (C=O) groups excluding carboxylic acids is 1. The quantitative estimate of drug-likeness (QED) is 0.798. The number of ketones is 1. The molecule has 1 heterocycles. The van der Waals surface area contributed by atoms with Gasteiger partial charge in [0.1, 0.15) is 6.26 Å². The lowest BCUT2D eigenvalue weighted by Gasteiger charge is -2.01. The molecule has 0 aliphatic heterocycles. The number of carbonyl (C=O) groups is 1. The Morgan fingerprint density at radius 1 is 1.24 bits per heavy atom. The van der Waals surface area contributed by atoms with Gasteiger partial charge in [-0.25, -0.2) is 4.79 Å². The standard InChI is InChI=1S/C13H9BrO3/c1-8(15)9-2-4-10(5-3-9)12-6-11(14)7-17-13(12)16/h2-7H,1H3. The Kier molecular flexibility index (Phi) is 3.24. The first-order chi connectivity index (χ1) is 8.08. The van der Waals surface area contributed by atoms with Crippen molar-refractivity contribution in [3.8, 4) is 11.1 Å². The minimum Gasteiger partial charge on any atom is -0.430 e. The normalized spacial score (nSPS) is 10.2. The molecule has 0 saturated carbocycles. The van der Waals surface area contributed by atoms with Crippen molar-refractivity contribution in [2.24, 2.45) is 0 Å². The predicted molar refractivity (Wildman–Crippen MR) is 68.1 cm³/mol. The van der Waals surface area contributed by atoms with Crippen LogP contribution < -0.4 is 5.63 Å². The maximum Gasteiger partial charge on any atom is 0.343 e. The van der Waals surface area contributed by atoms with Crippen LogP contribution in [0.15, 0.2) is 50.3 Å². The average Bonchev–Trinajstić information content (AvgIpc) is 2.32. The van der Waals surface area contributed by atoms with Gasteiger partial charge in [-0.3, -0.25) is 4.79 Å². The first-order valence-corrected chi connectivity index (χ1v) is 5.77. The smallest absolute Gasteiger partial charge is 0.343 e. The first kappa shape index (κ1) is 11.8. The minimum absolute atomic E-state index is 0.00201. The molecule has 0 bridgehead atoms. The van der Waals surface area contributed by atoms with Crippen LogP contribution in [0.3, 0.4) is 0 Å². The van der Waals surface area contributed by atoms with Crippen LogP contribution in [0, 0.1) is 0 Å². The molecule has 0 aliphatic rings. The van der Waals surface area contributed by atoms with Gasteiger partial charge in [-0.15, -0.1) is 0 Å². The van der Waals surface area contributed by atoms with Crippen LogP contribution in [0.5, 0.6) is 0 Å². The lowest BCUT2D eigenvalue weighted by molar-refractivity contribution is 0.101. The van der Waals surface area contributed by atoms with E-state index < -0.39 is 5.63 Å². The summed E-state index contributed by atoms with van der Waals surface area (Å²) in [6.07, 6.45) is 1.34. The molecule has 0 saturated heterocycles. The SMILES string of the molecule is CC(=O)c1ccc(-c2cc(Br)coc2=O)cc1. The van der Waals surface area contributed by atoms with E-state index in [9.17, 15) is 9.59 Å². The van der Waals surface area contributed by atoms with Crippen molar-refractivity contribution in [2.45, 2.75) is 6.92 Å². The molecule has 0 fully saturated rings. The molecule has 0 radical (unpaired) electrons. The summed E-state index contributed by atoms with van der Waals surface area (Å²) in [5.41, 5.74) is 1.41. The average molecular weight is 293 g/mol. The third kappa shape index (κ3) is 2.53. The van der Waals surface area contributed by atoms with E-state index in [0.29, 0.717) is 15.6 Å². The molecule has 0 atom stereocenters. The molecular formula is C13H9BrO3. The molecule has 0 unspecified atom stereocenters. The van der Waals surface area contributed by atoms with Crippen LogP contribution in [0.4, 0.5) is 0 Å². The molecule has 86 valence electrons. The van der Waals surface area contributed by atoms with Gasteiger partial charge in [0.2, 0.25) is 0 Å². The second-order valence-electron chi connectivity index (χ2n) is 3.60. The number of benzene rings is 1. The molecular weight excluding hydrogens is 284 g/mol. The molecule has 1 aromatic heterocycles. The van der Waals surface area contributed by atoms with E-state index in [1.807, 2.05) is 0 Å². The number of halogens is 1. The Hall–Kier alpha value is -1.68. The maximum absolute atomic E-state index is 11.5. The molecule has 0 N–H and O–H groups in total. The van der Waals surface area contributed by atoms with Crippen molar-refractivity contribution in [1.29, 1.82) is 0 Å². The fourth-order valence-electron chi connectivity index (χ4n) is 1.49. The predicted octanol–water partition coefficient (Wildman–Crippen LogP) is 3.27. The van der Waals surface area contributed by atoms with E-state index in [2.05, 4.69) is 15.9 Å². The van der Waals surface area contributed by atoms with Gasteiger partial charge in [0, 0.05) is 5.56 Å². The maximum atomic E-state index is 11.5. The number of hydrogen-bond acceptors (Lipinski definition) is 3. The lowest BCUT2D eigenvalue weighted by Crippen LogP contribution is -2.02. The Labute approximate surface area is 106 Å². The van der Waals surface area contributed by atoms with Gasteiger partial charge in [0.15, 0.2) is 5.78 Å². The number of rotatable bonds is 2. The molecule has 0 aliphatic carbocycles. The van der Waals surface area contributed by atoms with Crippen LogP contribution in [-0.4, -0.2) is 5.78 Å². The van der Waals surface area contributed by atoms with E-state index in [1.54, 1.807) is 30.3 Å². The zero-order valence-electron chi connectivity index (χ0n) is 9.07. The van der Waals surface area contributed by atoms with Crippen LogP contribution in [-0.2, 0) is 0 Å². The highest BCUT2D eigenvalue weighted by Gasteiger charge is 2.06. The van der Waals surface area contributed by atoms with Gasteiger partial charge in [-0.1, -0.05) is 24.3 Å². The third-order valence-electron chi connectivity index (χ3n) is 2.38. The summed E-state index contributed by atoms with van der Waals surface area (Å²) < 4.78 is 5.55. The summed E-state index contributed by atoms with van der Waals surface area (Å²) in [4.78, 5) is 22.7. The highest BCUT2D eigenvalue weighted by molar-refractivity contribution is 9.10. The van der Waals surface area contributed by atoms with Crippen molar-refractivity contribution < 1.29 is 9.21 Å². The Bertz CT molecular complexity index is 611. The third-order valence-corrected chi connectivity index (χ3v) is 2.80. The van der Waals surface area contributed by atoms with Gasteiger partial charge in [-0.2, -0.15) is 0 Å². The monoisotopic (exact) mass is 292 g/mol. The molecule has 2 rings (SSSR count). The molecule has 3 nitrogen and oxygen atoms in total. The summed E-state index contributed by atoms with van der Waals surface area (Å²) in [5.74, 6) is -0.00201. The van der Waals surface area contributed by atoms with E-state index >= 15 is 0 Å². The van der Waals surface area contributed by atoms with Crippen LogP contribution in [0.2, 0.25) is 0 Å². The fraction of sp³-hybridized carbons (Fsp3) is 0.0769. The largest absolute Gasteiger partial charge is 0.430 e. The first-order valence-electron chi connectivity index (χ1n) is 4.97. The summed E-state index contributed by atoms with van der Waals surface area (Å²) >= 11 is 3.24. The number of hydrogen-bond donors (Lipinski definition) is 0. The van der Waals surface area contributed by atoms with Crippen molar-refractivity contribution in [1.82, 2.24) is 0 Å². The van der Waals surface area contributed by atoms with Crippen LogP contribution in [0.25, 0.3) is 11.1 Å². The van der Waals surface area contributed by atoms with E-state index in [0.717, 1.165) is 5.56 Å². The van der Waals surface area contributed by atoms with Crippen molar-refractivity contribution in [3.05, 3.63) is 57.1 Å². The molecule has 1 aromatic carbocycles. The molecule has 2 aromatic rings. The second-order valence-corrected chi connectivity index (χ2v) is 4.52. The summed E-state index contributed by atoms with van der Waals surface area (Å²) in [6.45, 7) is 1.50. The van der Waals surface area contributed by atoms with Gasteiger partial charge < -0.3 is 4.42 Å². The van der Waals surface area contributed by atoms with Crippen LogP contribution in [0.1, 0.15) is 17.3 Å². The highest BCUT2D eigenvalue weighted by Crippen LogP contribution is 2.20. The van der Waals surface area contributed by atoms with Crippen molar-refractivity contribution in [2.75, 3.05) is 0 Å². The van der Waals surface area contributed by atoms with Gasteiger partial charge >= 0.3 is 5.63 Å². The minimum atomic E-state index is -0.399. The zero-order chi connectivity index (χ0) is 12.4. The highest BCUT2D eigenvalue weighted by atomic mass is 79.9. The molecule has 17 heavy (non-hydrogen) atoms. The lowest BCUT2D eigenvalue weighted by atomic mass is 10.0. The Balaban J connectivity index is 2.50. The fourth-order valence-corrected chi connectivity index (χ4v) is 1.81. The summed E-state index contributed by atoms with van der Waals surface area (Å²) in [5, 5.41) is 0. The summed E-state index contributed by atoms with van der Waals surface area (Å²) in [6, 6.07) is 8.54. The van der Waals surface area contributed by atoms with E-state index in [1.165, 1.54) is 13.2 Å². The molecule has 0 spiro atoms. The second kappa shape index (κ2) is 4.67. The topological polar surface area (TPSA) is 47.3 Å². The Morgan fingerprint density at radius 2 is 1.88 bits per heavy atom. The summed E-state index contributed by atoms with van der Waals surface area (Å²) in [7, 11) is 0. The zero-order valence-corrected chi connectivity index (χ0v) is 10.7. The van der Waals surface area contributed by atoms with Gasteiger partial charge in [0.25, 0.3) is 0 Å². The van der Waals surface area contributed by atoms with E-state index in [-0.39, 0.29) is 5.78 Å². The van der Waals surface area contributed by atoms with E-state index in [4.69, 9.17) is 4.42 Å². The molecule has 4 heteroatoms. The van der Waals surface area contributed by atoms with Crippen molar-refractivity contribution in [3.63, 3.8) is 0 Å². The van der Waals surface area contributed by atoms with Gasteiger partial charge in [0.05, 0.1) is 10.0 Å².